The number of hydrogen-bond acceptors (Lipinski definition) is 7. The summed E-state index contributed by atoms with van der Waals surface area (Å²) in [6.07, 6.45) is 0.533. The number of Topliss-reactive ketones (excluding diaryl/α,β-unsaturated/α-hetero) is 1. The van der Waals surface area contributed by atoms with E-state index in [4.69, 9.17) is 0 Å². The van der Waals surface area contributed by atoms with Crippen molar-refractivity contribution in [3.63, 3.8) is 0 Å². The summed E-state index contributed by atoms with van der Waals surface area (Å²) in [5, 5.41) is 8.31. The summed E-state index contributed by atoms with van der Waals surface area (Å²) in [7, 11) is 1.48. The fourth-order valence-electron chi connectivity index (χ4n) is 4.56. The van der Waals surface area contributed by atoms with Crippen molar-refractivity contribution in [1.82, 2.24) is 25.8 Å². The van der Waals surface area contributed by atoms with Gasteiger partial charge in [0.2, 0.25) is 23.6 Å². The number of ketones is 1. The molecule has 1 aromatic heterocycles. The largest absolute Gasteiger partial charge is 0.353 e. The van der Waals surface area contributed by atoms with Gasteiger partial charge in [-0.25, -0.2) is 0 Å². The minimum atomic E-state index is -0.943. The number of rotatable bonds is 6. The lowest BCUT2D eigenvalue weighted by Gasteiger charge is -2.30. The van der Waals surface area contributed by atoms with Crippen LogP contribution in [0.5, 0.6) is 0 Å². The molecule has 0 unspecified atom stereocenters. The number of amides is 5. The zero-order valence-electron chi connectivity index (χ0n) is 24.6. The van der Waals surface area contributed by atoms with Gasteiger partial charge in [-0.15, -0.1) is 11.3 Å². The van der Waals surface area contributed by atoms with Gasteiger partial charge in [0.25, 0.3) is 5.91 Å². The zero-order chi connectivity index (χ0) is 31.0. The van der Waals surface area contributed by atoms with E-state index >= 15 is 0 Å². The molecule has 2 heterocycles. The minimum absolute atomic E-state index is 0.00770. The Morgan fingerprint density at radius 2 is 1.62 bits per heavy atom. The number of nitrogens with one attached hydrogen (secondary N) is 3. The standard InChI is InChI=1S/C30H39N5O6S/c1-18(2)15-23-29(40)34(5)19(3)27(38)33-22(16-21-9-7-6-8-10-21)28(39)31-13-14-35(17-26(37)32-23)30(41)25-12-11-24(42-25)20(4)36/h6-12,18-19,22-23H,13-17H2,1-5H3,(H,31,39)(H,32,37)(H,33,38)/t19-,22-,23-/m0/s1. The Balaban J connectivity index is 1.94. The van der Waals surface area contributed by atoms with Crippen molar-refractivity contribution >= 4 is 46.7 Å². The van der Waals surface area contributed by atoms with E-state index in [1.54, 1.807) is 13.0 Å². The van der Waals surface area contributed by atoms with E-state index in [9.17, 15) is 28.8 Å². The first-order chi connectivity index (χ1) is 19.9. The molecule has 1 saturated heterocycles. The van der Waals surface area contributed by atoms with Gasteiger partial charge < -0.3 is 25.8 Å². The molecular formula is C30H39N5O6S. The SMILES string of the molecule is CC(=O)c1ccc(C(=O)N2CCNC(=O)[C@H](Cc3ccccc3)NC(=O)[C@H](C)N(C)C(=O)[C@H](CC(C)C)NC(=O)C2)s1. The summed E-state index contributed by atoms with van der Waals surface area (Å²) < 4.78 is 0. The number of carbonyl (C=O) groups is 6. The lowest BCUT2D eigenvalue weighted by atomic mass is 10.0. The van der Waals surface area contributed by atoms with Gasteiger partial charge in [-0.3, -0.25) is 28.8 Å². The Morgan fingerprint density at radius 3 is 2.24 bits per heavy atom. The Bertz CT molecular complexity index is 1310. The zero-order valence-corrected chi connectivity index (χ0v) is 25.5. The summed E-state index contributed by atoms with van der Waals surface area (Å²) in [5.41, 5.74) is 0.829. The van der Waals surface area contributed by atoms with Gasteiger partial charge in [-0.05, 0) is 43.9 Å². The molecule has 0 saturated carbocycles. The summed E-state index contributed by atoms with van der Waals surface area (Å²) in [6.45, 7) is 6.42. The van der Waals surface area contributed by atoms with Crippen LogP contribution in [0, 0.1) is 5.92 Å². The third-order valence-corrected chi connectivity index (χ3v) is 8.20. The monoisotopic (exact) mass is 597 g/mol. The summed E-state index contributed by atoms with van der Waals surface area (Å²) in [6, 6.07) is 9.51. The quantitative estimate of drug-likeness (QED) is 0.432. The molecular weight excluding hydrogens is 558 g/mol. The topological polar surface area (TPSA) is 145 Å². The van der Waals surface area contributed by atoms with Crippen molar-refractivity contribution < 1.29 is 28.8 Å². The maximum atomic E-state index is 13.5. The van der Waals surface area contributed by atoms with Crippen LogP contribution in [0.3, 0.4) is 0 Å². The van der Waals surface area contributed by atoms with Crippen LogP contribution in [0.2, 0.25) is 0 Å². The second-order valence-electron chi connectivity index (χ2n) is 10.9. The third-order valence-electron chi connectivity index (χ3n) is 7.03. The van der Waals surface area contributed by atoms with Gasteiger partial charge in [-0.1, -0.05) is 44.2 Å². The highest BCUT2D eigenvalue weighted by Crippen LogP contribution is 2.19. The Morgan fingerprint density at radius 1 is 0.952 bits per heavy atom. The summed E-state index contributed by atoms with van der Waals surface area (Å²) >= 11 is 1.03. The van der Waals surface area contributed by atoms with Gasteiger partial charge in [0.15, 0.2) is 5.78 Å². The van der Waals surface area contributed by atoms with Crippen LogP contribution < -0.4 is 16.0 Å². The average Bonchev–Trinajstić information content (AvgIpc) is 3.45. The van der Waals surface area contributed by atoms with Crippen molar-refractivity contribution in [3.05, 3.63) is 57.8 Å². The number of hydrogen-bond donors (Lipinski definition) is 3. The molecule has 2 aromatic rings. The molecule has 11 nitrogen and oxygen atoms in total. The average molecular weight is 598 g/mol. The molecule has 3 rings (SSSR count). The molecule has 3 atom stereocenters. The number of benzene rings is 1. The molecule has 0 aliphatic carbocycles. The molecule has 5 amide bonds. The molecule has 3 N–H and O–H groups in total. The number of likely N-dealkylation sites (N-methyl/N-ethyl adjacent to an activating group) is 1. The van der Waals surface area contributed by atoms with E-state index in [-0.39, 0.29) is 42.6 Å². The lowest BCUT2D eigenvalue weighted by Crippen LogP contribution is -2.57. The molecule has 42 heavy (non-hydrogen) atoms. The Hall–Kier alpha value is -4.06. The number of carbonyl (C=O) groups excluding carboxylic acids is 6. The van der Waals surface area contributed by atoms with Crippen LogP contribution in [0.15, 0.2) is 42.5 Å². The van der Waals surface area contributed by atoms with Gasteiger partial charge in [0.1, 0.15) is 18.1 Å². The van der Waals surface area contributed by atoms with Gasteiger partial charge >= 0.3 is 0 Å². The van der Waals surface area contributed by atoms with E-state index < -0.39 is 47.7 Å². The summed E-state index contributed by atoms with van der Waals surface area (Å²) in [4.78, 5) is 81.7. The first kappa shape index (κ1) is 32.5. The van der Waals surface area contributed by atoms with E-state index in [0.717, 1.165) is 16.9 Å². The van der Waals surface area contributed by atoms with E-state index in [0.29, 0.717) is 11.3 Å². The highest BCUT2D eigenvalue weighted by Gasteiger charge is 2.33. The highest BCUT2D eigenvalue weighted by molar-refractivity contribution is 7.15. The van der Waals surface area contributed by atoms with Gasteiger partial charge in [-0.2, -0.15) is 0 Å². The second-order valence-corrected chi connectivity index (χ2v) is 11.9. The second kappa shape index (κ2) is 14.7. The van der Waals surface area contributed by atoms with Crippen molar-refractivity contribution in [2.24, 2.45) is 5.92 Å². The molecule has 226 valence electrons. The fraction of sp³-hybridized carbons (Fsp3) is 0.467. The van der Waals surface area contributed by atoms with E-state index in [1.165, 1.54) is 29.8 Å². The number of nitrogens with zero attached hydrogens (tertiary/aromatic N) is 2. The molecule has 12 heteroatoms. The van der Waals surface area contributed by atoms with Crippen LogP contribution in [-0.2, 0) is 25.6 Å². The Kier molecular flexibility index (Phi) is 11.4. The fourth-order valence-corrected chi connectivity index (χ4v) is 5.43. The van der Waals surface area contributed by atoms with E-state index in [1.807, 2.05) is 44.2 Å². The predicted octanol–water partition coefficient (Wildman–Crippen LogP) is 1.63. The van der Waals surface area contributed by atoms with Gasteiger partial charge in [0, 0.05) is 26.6 Å². The minimum Gasteiger partial charge on any atom is -0.353 e. The molecule has 0 spiro atoms. The van der Waals surface area contributed by atoms with Crippen LogP contribution >= 0.6 is 11.3 Å². The first-order valence-electron chi connectivity index (χ1n) is 14.0. The predicted molar refractivity (Wildman–Crippen MR) is 159 cm³/mol. The van der Waals surface area contributed by atoms with Crippen molar-refractivity contribution in [1.29, 1.82) is 0 Å². The molecule has 0 radical (unpaired) electrons. The van der Waals surface area contributed by atoms with Crippen LogP contribution in [0.25, 0.3) is 0 Å². The lowest BCUT2D eigenvalue weighted by molar-refractivity contribution is -0.142. The van der Waals surface area contributed by atoms with Crippen LogP contribution in [0.1, 0.15) is 59.0 Å². The van der Waals surface area contributed by atoms with Crippen LogP contribution in [0.4, 0.5) is 0 Å². The first-order valence-corrected chi connectivity index (χ1v) is 14.8. The maximum absolute atomic E-state index is 13.5. The van der Waals surface area contributed by atoms with Crippen LogP contribution in [-0.4, -0.2) is 89.9 Å². The normalized spacial score (nSPS) is 21.2. The number of thiophene rings is 1. The molecule has 1 fully saturated rings. The summed E-state index contributed by atoms with van der Waals surface area (Å²) in [5.74, 6) is -2.60. The van der Waals surface area contributed by atoms with E-state index in [2.05, 4.69) is 16.0 Å². The van der Waals surface area contributed by atoms with Crippen molar-refractivity contribution in [2.75, 3.05) is 26.7 Å². The smallest absolute Gasteiger partial charge is 0.264 e. The molecule has 1 aromatic carbocycles. The van der Waals surface area contributed by atoms with Crippen molar-refractivity contribution in [3.8, 4) is 0 Å². The highest BCUT2D eigenvalue weighted by atomic mass is 32.1. The van der Waals surface area contributed by atoms with Gasteiger partial charge in [0.05, 0.1) is 16.3 Å². The molecule has 0 bridgehead atoms. The molecule has 1 aliphatic heterocycles. The Labute approximate surface area is 250 Å². The van der Waals surface area contributed by atoms with Crippen molar-refractivity contribution in [2.45, 2.75) is 58.7 Å². The third kappa shape index (κ3) is 8.72. The molecule has 1 aliphatic rings. The maximum Gasteiger partial charge on any atom is 0.264 e.